The minimum atomic E-state index is -3.76. The lowest BCUT2D eigenvalue weighted by Gasteiger charge is -2.19. The van der Waals surface area contributed by atoms with Gasteiger partial charge in [-0.2, -0.15) is 0 Å². The molecule has 27 heavy (non-hydrogen) atoms. The number of carbonyl (C=O) groups is 1. The molecule has 0 saturated carbocycles. The fourth-order valence-corrected chi connectivity index (χ4v) is 4.68. The highest BCUT2D eigenvalue weighted by Gasteiger charge is 2.24. The van der Waals surface area contributed by atoms with Crippen LogP contribution in [-0.4, -0.2) is 33.5 Å². The van der Waals surface area contributed by atoms with Crippen LogP contribution in [0.5, 0.6) is 0 Å². The molecule has 2 aromatic carbocycles. The zero-order chi connectivity index (χ0) is 20.5. The number of rotatable bonds is 5. The van der Waals surface area contributed by atoms with E-state index in [0.717, 1.165) is 32.9 Å². The standard InChI is InChI=1S/C20H26N2O4S/c1-12-13(2)15(4)19(16(5)14(12)3)27(24,25)21-18-10-8-17(9-11-18)20(23)22(6)26-7/h8-11,21H,1-7H3. The van der Waals surface area contributed by atoms with Gasteiger partial charge in [-0.25, -0.2) is 13.5 Å². The maximum Gasteiger partial charge on any atom is 0.277 e. The van der Waals surface area contributed by atoms with Crippen molar-refractivity contribution in [2.75, 3.05) is 18.9 Å². The Morgan fingerprint density at radius 1 is 0.889 bits per heavy atom. The molecule has 7 heteroatoms. The fraction of sp³-hybridized carbons (Fsp3) is 0.350. The lowest BCUT2D eigenvalue weighted by molar-refractivity contribution is -0.0756. The predicted octanol–water partition coefficient (Wildman–Crippen LogP) is 3.66. The molecular weight excluding hydrogens is 364 g/mol. The van der Waals surface area contributed by atoms with Gasteiger partial charge in [-0.3, -0.25) is 14.4 Å². The molecule has 2 aromatic rings. The Morgan fingerprint density at radius 3 is 1.78 bits per heavy atom. The Kier molecular flexibility index (Phi) is 5.97. The highest BCUT2D eigenvalue weighted by molar-refractivity contribution is 7.92. The number of carbonyl (C=O) groups excluding carboxylic acids is 1. The SMILES string of the molecule is CON(C)C(=O)c1ccc(NS(=O)(=O)c2c(C)c(C)c(C)c(C)c2C)cc1. The van der Waals surface area contributed by atoms with Crippen LogP contribution in [0.4, 0.5) is 5.69 Å². The molecule has 0 heterocycles. The number of hydrogen-bond acceptors (Lipinski definition) is 4. The van der Waals surface area contributed by atoms with Gasteiger partial charge in [0.05, 0.1) is 12.0 Å². The van der Waals surface area contributed by atoms with Gasteiger partial charge < -0.3 is 0 Å². The Balaban J connectivity index is 2.40. The van der Waals surface area contributed by atoms with Crippen LogP contribution in [-0.2, 0) is 14.9 Å². The summed E-state index contributed by atoms with van der Waals surface area (Å²) in [5.74, 6) is -0.316. The average molecular weight is 391 g/mol. The van der Waals surface area contributed by atoms with Crippen molar-refractivity contribution in [2.45, 2.75) is 39.5 Å². The minimum absolute atomic E-state index is 0.308. The van der Waals surface area contributed by atoms with Crippen molar-refractivity contribution in [2.24, 2.45) is 0 Å². The smallest absolute Gasteiger partial charge is 0.277 e. The van der Waals surface area contributed by atoms with E-state index >= 15 is 0 Å². The molecule has 0 aromatic heterocycles. The number of sulfonamides is 1. The first-order chi connectivity index (χ1) is 12.5. The van der Waals surface area contributed by atoms with Crippen LogP contribution in [0.3, 0.4) is 0 Å². The number of anilines is 1. The minimum Gasteiger partial charge on any atom is -0.280 e. The Hall–Kier alpha value is -2.38. The van der Waals surface area contributed by atoms with Crippen LogP contribution >= 0.6 is 0 Å². The molecule has 6 nitrogen and oxygen atoms in total. The zero-order valence-corrected chi connectivity index (χ0v) is 17.6. The van der Waals surface area contributed by atoms with Crippen LogP contribution < -0.4 is 4.72 Å². The molecule has 0 atom stereocenters. The van der Waals surface area contributed by atoms with E-state index in [4.69, 9.17) is 4.84 Å². The van der Waals surface area contributed by atoms with Gasteiger partial charge in [-0.15, -0.1) is 0 Å². The lowest BCUT2D eigenvalue weighted by Crippen LogP contribution is -2.25. The molecule has 0 fully saturated rings. The maximum absolute atomic E-state index is 13.0. The van der Waals surface area contributed by atoms with Crippen LogP contribution in [0, 0.1) is 34.6 Å². The van der Waals surface area contributed by atoms with E-state index in [0.29, 0.717) is 16.1 Å². The van der Waals surface area contributed by atoms with Crippen LogP contribution in [0.25, 0.3) is 0 Å². The van der Waals surface area contributed by atoms with Crippen LogP contribution in [0.2, 0.25) is 0 Å². The number of benzene rings is 2. The van der Waals surface area contributed by atoms with Gasteiger partial charge in [0.2, 0.25) is 0 Å². The molecule has 0 aliphatic heterocycles. The van der Waals surface area contributed by atoms with E-state index in [-0.39, 0.29) is 5.91 Å². The molecule has 1 amide bonds. The third-order valence-corrected chi connectivity index (χ3v) is 6.80. The second-order valence-corrected chi connectivity index (χ2v) is 8.24. The molecule has 2 rings (SSSR count). The van der Waals surface area contributed by atoms with Gasteiger partial charge in [-0.05, 0) is 86.7 Å². The molecule has 0 aliphatic carbocycles. The molecule has 146 valence electrons. The van der Waals surface area contributed by atoms with Gasteiger partial charge >= 0.3 is 0 Å². The summed E-state index contributed by atoms with van der Waals surface area (Å²) in [6.07, 6.45) is 0. The molecule has 0 bridgehead atoms. The Labute approximate surface area is 161 Å². The first kappa shape index (κ1) is 20.9. The molecule has 0 aliphatic rings. The highest BCUT2D eigenvalue weighted by Crippen LogP contribution is 2.30. The fourth-order valence-electron chi connectivity index (χ4n) is 3.02. The van der Waals surface area contributed by atoms with Crippen LogP contribution in [0.1, 0.15) is 38.2 Å². The summed E-state index contributed by atoms with van der Waals surface area (Å²) in [4.78, 5) is 17.2. The summed E-state index contributed by atoms with van der Waals surface area (Å²) < 4.78 is 28.7. The first-order valence-corrected chi connectivity index (χ1v) is 10.0. The van der Waals surface area contributed by atoms with Crippen molar-refractivity contribution in [1.29, 1.82) is 0 Å². The van der Waals surface area contributed by atoms with Gasteiger partial charge in [0, 0.05) is 18.3 Å². The molecule has 0 radical (unpaired) electrons. The van der Waals surface area contributed by atoms with Crippen molar-refractivity contribution < 1.29 is 18.0 Å². The number of nitrogens with one attached hydrogen (secondary N) is 1. The zero-order valence-electron chi connectivity index (χ0n) is 16.8. The first-order valence-electron chi connectivity index (χ1n) is 8.53. The highest BCUT2D eigenvalue weighted by atomic mass is 32.2. The second-order valence-electron chi connectivity index (χ2n) is 6.62. The molecule has 1 N–H and O–H groups in total. The van der Waals surface area contributed by atoms with Crippen molar-refractivity contribution in [3.63, 3.8) is 0 Å². The van der Waals surface area contributed by atoms with E-state index in [2.05, 4.69) is 4.72 Å². The summed E-state index contributed by atoms with van der Waals surface area (Å²) in [6.45, 7) is 9.52. The van der Waals surface area contributed by atoms with E-state index in [1.54, 1.807) is 24.3 Å². The summed E-state index contributed by atoms with van der Waals surface area (Å²) in [5, 5.41) is 1.10. The Bertz CT molecular complexity index is 951. The largest absolute Gasteiger partial charge is 0.280 e. The van der Waals surface area contributed by atoms with Crippen molar-refractivity contribution >= 4 is 21.6 Å². The van der Waals surface area contributed by atoms with Crippen molar-refractivity contribution in [3.8, 4) is 0 Å². The number of nitrogens with zero attached hydrogens (tertiary/aromatic N) is 1. The monoisotopic (exact) mass is 390 g/mol. The normalized spacial score (nSPS) is 11.4. The second kappa shape index (κ2) is 7.70. The van der Waals surface area contributed by atoms with Gasteiger partial charge in [0.1, 0.15) is 0 Å². The number of amides is 1. The molecule has 0 spiro atoms. The van der Waals surface area contributed by atoms with Gasteiger partial charge in [0.25, 0.3) is 15.9 Å². The summed E-state index contributed by atoms with van der Waals surface area (Å²) in [7, 11) is -0.855. The average Bonchev–Trinajstić information content (AvgIpc) is 2.63. The lowest BCUT2D eigenvalue weighted by atomic mass is 9.95. The third kappa shape index (κ3) is 3.99. The maximum atomic E-state index is 13.0. The predicted molar refractivity (Wildman–Crippen MR) is 106 cm³/mol. The summed E-state index contributed by atoms with van der Waals surface area (Å²) in [6, 6.07) is 6.24. The summed E-state index contributed by atoms with van der Waals surface area (Å²) in [5.41, 5.74) is 5.34. The van der Waals surface area contributed by atoms with E-state index in [1.807, 2.05) is 34.6 Å². The number of hydroxylamine groups is 2. The van der Waals surface area contributed by atoms with Crippen LogP contribution in [0.15, 0.2) is 29.2 Å². The molecule has 0 unspecified atom stereocenters. The van der Waals surface area contributed by atoms with Gasteiger partial charge in [0.15, 0.2) is 0 Å². The Morgan fingerprint density at radius 2 is 1.33 bits per heavy atom. The van der Waals surface area contributed by atoms with E-state index in [1.165, 1.54) is 14.2 Å². The van der Waals surface area contributed by atoms with Crippen molar-refractivity contribution in [3.05, 3.63) is 57.6 Å². The number of hydrogen-bond donors (Lipinski definition) is 1. The molecule has 0 saturated heterocycles. The topological polar surface area (TPSA) is 75.7 Å². The van der Waals surface area contributed by atoms with Gasteiger partial charge in [-0.1, -0.05) is 0 Å². The summed E-state index contributed by atoms with van der Waals surface area (Å²) >= 11 is 0. The van der Waals surface area contributed by atoms with E-state index < -0.39 is 10.0 Å². The van der Waals surface area contributed by atoms with E-state index in [9.17, 15) is 13.2 Å². The molecular formula is C20H26N2O4S. The van der Waals surface area contributed by atoms with Crippen molar-refractivity contribution in [1.82, 2.24) is 5.06 Å². The quantitative estimate of drug-likeness (QED) is 0.791. The third-order valence-electron chi connectivity index (χ3n) is 5.14.